The van der Waals surface area contributed by atoms with Crippen LogP contribution in [0.4, 0.5) is 5.69 Å². The predicted octanol–water partition coefficient (Wildman–Crippen LogP) is 2.76. The van der Waals surface area contributed by atoms with Crippen LogP contribution in [0.1, 0.15) is 33.2 Å². The van der Waals surface area contributed by atoms with E-state index in [1.165, 1.54) is 49.6 Å². The van der Waals surface area contributed by atoms with Gasteiger partial charge in [-0.3, -0.25) is 4.72 Å². The predicted molar refractivity (Wildman–Crippen MR) is 95.7 cm³/mol. The van der Waals surface area contributed by atoms with Crippen LogP contribution in [0.15, 0.2) is 47.4 Å². The topological polar surface area (TPSA) is 98.8 Å². The number of esters is 2. The third kappa shape index (κ3) is 4.40. The summed E-state index contributed by atoms with van der Waals surface area (Å²) in [6.45, 7) is 3.64. The average Bonchev–Trinajstić information content (AvgIpc) is 2.61. The zero-order valence-corrected chi connectivity index (χ0v) is 15.4. The highest BCUT2D eigenvalue weighted by Gasteiger charge is 2.19. The van der Waals surface area contributed by atoms with Gasteiger partial charge in [0.2, 0.25) is 0 Å². The van der Waals surface area contributed by atoms with E-state index in [1.807, 2.05) is 0 Å². The number of hydrogen-bond acceptors (Lipinski definition) is 6. The molecule has 0 unspecified atom stereocenters. The van der Waals surface area contributed by atoms with E-state index < -0.39 is 22.0 Å². The van der Waals surface area contributed by atoms with E-state index in [2.05, 4.69) is 9.46 Å². The van der Waals surface area contributed by atoms with Crippen LogP contribution in [0.2, 0.25) is 0 Å². The van der Waals surface area contributed by atoms with Crippen LogP contribution >= 0.6 is 0 Å². The number of rotatable bonds is 6. The Morgan fingerprint density at radius 2 is 1.69 bits per heavy atom. The lowest BCUT2D eigenvalue weighted by molar-refractivity contribution is 0.0525. The highest BCUT2D eigenvalue weighted by molar-refractivity contribution is 7.92. The van der Waals surface area contributed by atoms with Crippen LogP contribution in [-0.2, 0) is 19.5 Å². The quantitative estimate of drug-likeness (QED) is 0.777. The largest absolute Gasteiger partial charge is 0.465 e. The Morgan fingerprint density at radius 1 is 1.04 bits per heavy atom. The standard InChI is InChI=1S/C18H19NO6S/c1-4-25-17(20)13-6-8-14(9-7-13)19-26(22,23)15-10-5-12(2)16(11-15)18(21)24-3/h5-11,19H,4H2,1-3H3. The van der Waals surface area contributed by atoms with Gasteiger partial charge in [-0.1, -0.05) is 6.07 Å². The van der Waals surface area contributed by atoms with Gasteiger partial charge < -0.3 is 9.47 Å². The lowest BCUT2D eigenvalue weighted by Gasteiger charge is -2.11. The van der Waals surface area contributed by atoms with Crippen molar-refractivity contribution in [2.75, 3.05) is 18.4 Å². The fraction of sp³-hybridized carbons (Fsp3) is 0.222. The van der Waals surface area contributed by atoms with Gasteiger partial charge in [0.15, 0.2) is 0 Å². The molecule has 0 aliphatic heterocycles. The molecule has 2 aromatic carbocycles. The van der Waals surface area contributed by atoms with Crippen molar-refractivity contribution >= 4 is 27.6 Å². The van der Waals surface area contributed by atoms with Crippen LogP contribution in [0, 0.1) is 6.92 Å². The van der Waals surface area contributed by atoms with Gasteiger partial charge in [0, 0.05) is 5.69 Å². The van der Waals surface area contributed by atoms with Gasteiger partial charge in [-0.15, -0.1) is 0 Å². The molecule has 8 heteroatoms. The molecule has 0 atom stereocenters. The van der Waals surface area contributed by atoms with Crippen molar-refractivity contribution in [3.63, 3.8) is 0 Å². The number of sulfonamides is 1. The molecule has 1 N–H and O–H groups in total. The smallest absolute Gasteiger partial charge is 0.338 e. The lowest BCUT2D eigenvalue weighted by atomic mass is 10.1. The van der Waals surface area contributed by atoms with Crippen molar-refractivity contribution in [3.8, 4) is 0 Å². The molecule has 0 aliphatic carbocycles. The summed E-state index contributed by atoms with van der Waals surface area (Å²) in [4.78, 5) is 23.3. The molecule has 0 aliphatic rings. The van der Waals surface area contributed by atoms with Crippen molar-refractivity contribution in [2.24, 2.45) is 0 Å². The summed E-state index contributed by atoms with van der Waals surface area (Å²) in [7, 11) is -2.68. The molecule has 0 bridgehead atoms. The minimum absolute atomic E-state index is 0.0713. The van der Waals surface area contributed by atoms with Crippen LogP contribution in [0.5, 0.6) is 0 Å². The van der Waals surface area contributed by atoms with Gasteiger partial charge in [-0.2, -0.15) is 0 Å². The second-order valence-electron chi connectivity index (χ2n) is 5.37. The van der Waals surface area contributed by atoms with Gasteiger partial charge in [-0.25, -0.2) is 18.0 Å². The molecule has 0 amide bonds. The molecule has 26 heavy (non-hydrogen) atoms. The fourth-order valence-electron chi connectivity index (χ4n) is 2.20. The second-order valence-corrected chi connectivity index (χ2v) is 7.05. The van der Waals surface area contributed by atoms with E-state index in [9.17, 15) is 18.0 Å². The maximum absolute atomic E-state index is 12.5. The number of methoxy groups -OCH3 is 1. The van der Waals surface area contributed by atoms with Gasteiger partial charge in [-0.05, 0) is 55.8 Å². The van der Waals surface area contributed by atoms with Crippen LogP contribution in [-0.4, -0.2) is 34.1 Å². The normalized spacial score (nSPS) is 10.9. The minimum atomic E-state index is -3.91. The number of carbonyl (C=O) groups is 2. The minimum Gasteiger partial charge on any atom is -0.465 e. The molecule has 2 aromatic rings. The van der Waals surface area contributed by atoms with Crippen molar-refractivity contribution in [1.29, 1.82) is 0 Å². The number of ether oxygens (including phenoxy) is 2. The first kappa shape index (κ1) is 19.5. The molecule has 0 heterocycles. The molecule has 138 valence electrons. The Hall–Kier alpha value is -2.87. The Bertz CT molecular complexity index is 919. The molecule has 0 aromatic heterocycles. The van der Waals surface area contributed by atoms with Crippen LogP contribution in [0.25, 0.3) is 0 Å². The van der Waals surface area contributed by atoms with Crippen molar-refractivity contribution < 1.29 is 27.5 Å². The number of nitrogens with one attached hydrogen (secondary N) is 1. The zero-order valence-electron chi connectivity index (χ0n) is 14.6. The first-order valence-corrected chi connectivity index (χ1v) is 9.25. The summed E-state index contributed by atoms with van der Waals surface area (Å²) < 4.78 is 37.0. The van der Waals surface area contributed by atoms with Crippen molar-refractivity contribution in [3.05, 3.63) is 59.2 Å². The maximum atomic E-state index is 12.5. The summed E-state index contributed by atoms with van der Waals surface area (Å²) in [6, 6.07) is 10.0. The van der Waals surface area contributed by atoms with E-state index in [4.69, 9.17) is 4.74 Å². The maximum Gasteiger partial charge on any atom is 0.338 e. The molecule has 2 rings (SSSR count). The van der Waals surface area contributed by atoms with Crippen molar-refractivity contribution in [1.82, 2.24) is 0 Å². The van der Waals surface area contributed by atoms with E-state index in [1.54, 1.807) is 13.8 Å². The fourth-order valence-corrected chi connectivity index (χ4v) is 3.29. The van der Waals surface area contributed by atoms with E-state index >= 15 is 0 Å². The summed E-state index contributed by atoms with van der Waals surface area (Å²) in [5, 5.41) is 0. The number of hydrogen-bond donors (Lipinski definition) is 1. The van der Waals surface area contributed by atoms with Gasteiger partial charge in [0.25, 0.3) is 10.0 Å². The number of aryl methyl sites for hydroxylation is 1. The lowest BCUT2D eigenvalue weighted by Crippen LogP contribution is -2.15. The Balaban J connectivity index is 2.26. The van der Waals surface area contributed by atoms with Crippen molar-refractivity contribution in [2.45, 2.75) is 18.7 Å². The van der Waals surface area contributed by atoms with E-state index in [-0.39, 0.29) is 22.8 Å². The number of carbonyl (C=O) groups excluding carboxylic acids is 2. The number of benzene rings is 2. The molecule has 0 spiro atoms. The Morgan fingerprint density at radius 3 is 2.27 bits per heavy atom. The highest BCUT2D eigenvalue weighted by Crippen LogP contribution is 2.20. The van der Waals surface area contributed by atoms with Crippen LogP contribution < -0.4 is 4.72 Å². The average molecular weight is 377 g/mol. The number of anilines is 1. The molecular weight excluding hydrogens is 358 g/mol. The molecule has 0 radical (unpaired) electrons. The molecule has 7 nitrogen and oxygen atoms in total. The highest BCUT2D eigenvalue weighted by atomic mass is 32.2. The summed E-state index contributed by atoms with van der Waals surface area (Å²) >= 11 is 0. The molecule has 0 saturated carbocycles. The van der Waals surface area contributed by atoms with Crippen LogP contribution in [0.3, 0.4) is 0 Å². The first-order valence-electron chi connectivity index (χ1n) is 7.77. The second kappa shape index (κ2) is 8.01. The van der Waals surface area contributed by atoms with Gasteiger partial charge >= 0.3 is 11.9 Å². The van der Waals surface area contributed by atoms with E-state index in [0.29, 0.717) is 11.1 Å². The molecule has 0 fully saturated rings. The van der Waals surface area contributed by atoms with Gasteiger partial charge in [0.05, 0.1) is 29.7 Å². The zero-order chi connectivity index (χ0) is 19.3. The third-order valence-electron chi connectivity index (χ3n) is 3.57. The molecular formula is C18H19NO6S. The third-order valence-corrected chi connectivity index (χ3v) is 4.95. The van der Waals surface area contributed by atoms with Gasteiger partial charge in [0.1, 0.15) is 0 Å². The SMILES string of the molecule is CCOC(=O)c1ccc(NS(=O)(=O)c2ccc(C)c(C(=O)OC)c2)cc1. The summed E-state index contributed by atoms with van der Waals surface area (Å²) in [6.07, 6.45) is 0. The monoisotopic (exact) mass is 377 g/mol. The summed E-state index contributed by atoms with van der Waals surface area (Å²) in [5.74, 6) is -1.10. The van der Waals surface area contributed by atoms with E-state index in [0.717, 1.165) is 0 Å². The molecule has 0 saturated heterocycles. The Kier molecular flexibility index (Phi) is 5.99. The summed E-state index contributed by atoms with van der Waals surface area (Å²) in [5.41, 5.74) is 1.37. The Labute approximate surface area is 152 Å². The first-order chi connectivity index (χ1) is 12.3.